The Bertz CT molecular complexity index is 751. The van der Waals surface area contributed by atoms with Gasteiger partial charge in [-0.05, 0) is 18.9 Å². The van der Waals surface area contributed by atoms with Gasteiger partial charge in [-0.1, -0.05) is 73.7 Å². The van der Waals surface area contributed by atoms with E-state index in [0.29, 0.717) is 11.6 Å². The highest BCUT2D eigenvalue weighted by atomic mass is 15.0. The minimum Gasteiger partial charge on any atom is -0.209 e. The third kappa shape index (κ3) is 3.51. The highest BCUT2D eigenvalue weighted by molar-refractivity contribution is 5.65. The summed E-state index contributed by atoms with van der Waals surface area (Å²) in [4.78, 5) is 14.0. The Morgan fingerprint density at radius 2 is 1.26 bits per heavy atom. The van der Waals surface area contributed by atoms with Crippen LogP contribution in [0.4, 0.5) is 0 Å². The van der Waals surface area contributed by atoms with Crippen LogP contribution in [0.3, 0.4) is 0 Å². The van der Waals surface area contributed by atoms with Crippen molar-refractivity contribution in [3.05, 3.63) is 72.6 Å². The van der Waals surface area contributed by atoms with Crippen LogP contribution in [0.25, 0.3) is 28.3 Å². The molecule has 3 nitrogen and oxygen atoms in total. The van der Waals surface area contributed by atoms with E-state index in [1.807, 2.05) is 67.6 Å². The third-order valence-corrected chi connectivity index (χ3v) is 3.56. The molecule has 0 saturated carbocycles. The number of rotatable bonds is 4. The first-order chi connectivity index (χ1) is 11.3. The SMILES string of the molecule is CC/C=C(\C)c1nc(-c2ccccc2)nc(-c2ccccc2)n1. The lowest BCUT2D eigenvalue weighted by atomic mass is 10.1. The summed E-state index contributed by atoms with van der Waals surface area (Å²) in [5, 5.41) is 0. The molecule has 0 bridgehead atoms. The largest absolute Gasteiger partial charge is 0.209 e. The van der Waals surface area contributed by atoms with Crippen LogP contribution in [0.1, 0.15) is 26.1 Å². The summed E-state index contributed by atoms with van der Waals surface area (Å²) in [6.07, 6.45) is 3.09. The van der Waals surface area contributed by atoms with E-state index in [1.54, 1.807) is 0 Å². The Kier molecular flexibility index (Phi) is 4.57. The first-order valence-electron chi connectivity index (χ1n) is 7.82. The summed E-state index contributed by atoms with van der Waals surface area (Å²) in [5.41, 5.74) is 3.07. The van der Waals surface area contributed by atoms with Crippen LogP contribution in [-0.4, -0.2) is 15.0 Å². The maximum absolute atomic E-state index is 4.67. The number of benzene rings is 2. The van der Waals surface area contributed by atoms with Crippen LogP contribution in [0.5, 0.6) is 0 Å². The molecule has 1 aromatic heterocycles. The molecule has 1 heterocycles. The fraction of sp³-hybridized carbons (Fsp3) is 0.150. The summed E-state index contributed by atoms with van der Waals surface area (Å²) < 4.78 is 0. The molecule has 0 aliphatic carbocycles. The van der Waals surface area contributed by atoms with E-state index in [1.165, 1.54) is 0 Å². The molecule has 114 valence electrons. The molecule has 0 N–H and O–H groups in total. The van der Waals surface area contributed by atoms with Crippen molar-refractivity contribution in [1.82, 2.24) is 15.0 Å². The lowest BCUT2D eigenvalue weighted by molar-refractivity contribution is 1.03. The molecule has 0 aliphatic rings. The van der Waals surface area contributed by atoms with E-state index >= 15 is 0 Å². The topological polar surface area (TPSA) is 38.7 Å². The Morgan fingerprint density at radius 1 is 0.783 bits per heavy atom. The Labute approximate surface area is 136 Å². The smallest absolute Gasteiger partial charge is 0.164 e. The fourth-order valence-corrected chi connectivity index (χ4v) is 2.38. The van der Waals surface area contributed by atoms with Gasteiger partial charge in [0.25, 0.3) is 0 Å². The van der Waals surface area contributed by atoms with Gasteiger partial charge in [-0.2, -0.15) is 0 Å². The highest BCUT2D eigenvalue weighted by Gasteiger charge is 2.10. The van der Waals surface area contributed by atoms with Crippen LogP contribution in [0.2, 0.25) is 0 Å². The maximum Gasteiger partial charge on any atom is 0.164 e. The zero-order chi connectivity index (χ0) is 16.1. The van der Waals surface area contributed by atoms with Gasteiger partial charge >= 0.3 is 0 Å². The van der Waals surface area contributed by atoms with Crippen LogP contribution >= 0.6 is 0 Å². The van der Waals surface area contributed by atoms with Gasteiger partial charge in [0.2, 0.25) is 0 Å². The second-order valence-electron chi connectivity index (χ2n) is 5.33. The minimum atomic E-state index is 0.707. The first kappa shape index (κ1) is 15.1. The van der Waals surface area contributed by atoms with Crippen LogP contribution in [-0.2, 0) is 0 Å². The third-order valence-electron chi connectivity index (χ3n) is 3.56. The number of hydrogen-bond acceptors (Lipinski definition) is 3. The fourth-order valence-electron chi connectivity index (χ4n) is 2.38. The van der Waals surface area contributed by atoms with Gasteiger partial charge in [-0.3, -0.25) is 0 Å². The predicted molar refractivity (Wildman–Crippen MR) is 94.6 cm³/mol. The van der Waals surface area contributed by atoms with Gasteiger partial charge in [-0.25, -0.2) is 15.0 Å². The number of nitrogens with zero attached hydrogens (tertiary/aromatic N) is 3. The van der Waals surface area contributed by atoms with E-state index in [0.717, 1.165) is 28.9 Å². The van der Waals surface area contributed by atoms with E-state index in [2.05, 4.69) is 28.0 Å². The average Bonchev–Trinajstić information content (AvgIpc) is 2.63. The quantitative estimate of drug-likeness (QED) is 0.679. The number of hydrogen-bond donors (Lipinski definition) is 0. The van der Waals surface area contributed by atoms with Crippen molar-refractivity contribution < 1.29 is 0 Å². The Hall–Kier alpha value is -2.81. The van der Waals surface area contributed by atoms with Crippen molar-refractivity contribution in [3.63, 3.8) is 0 Å². The van der Waals surface area contributed by atoms with Gasteiger partial charge in [0.15, 0.2) is 17.5 Å². The molecule has 2 aromatic carbocycles. The maximum atomic E-state index is 4.67. The summed E-state index contributed by atoms with van der Waals surface area (Å²) in [7, 11) is 0. The molecule has 3 heteroatoms. The van der Waals surface area contributed by atoms with E-state index in [-0.39, 0.29) is 0 Å². The van der Waals surface area contributed by atoms with Crippen molar-refractivity contribution in [3.8, 4) is 22.8 Å². The van der Waals surface area contributed by atoms with Crippen molar-refractivity contribution in [1.29, 1.82) is 0 Å². The van der Waals surface area contributed by atoms with Gasteiger partial charge < -0.3 is 0 Å². The molecule has 0 radical (unpaired) electrons. The lowest BCUT2D eigenvalue weighted by Crippen LogP contribution is -2.01. The number of allylic oxidation sites excluding steroid dienone is 2. The van der Waals surface area contributed by atoms with Gasteiger partial charge in [0.1, 0.15) is 0 Å². The zero-order valence-corrected chi connectivity index (χ0v) is 13.4. The van der Waals surface area contributed by atoms with Crippen molar-refractivity contribution >= 4 is 5.57 Å². The van der Waals surface area contributed by atoms with E-state index < -0.39 is 0 Å². The van der Waals surface area contributed by atoms with Crippen molar-refractivity contribution in [2.75, 3.05) is 0 Å². The van der Waals surface area contributed by atoms with Gasteiger partial charge in [-0.15, -0.1) is 0 Å². The van der Waals surface area contributed by atoms with Crippen LogP contribution < -0.4 is 0 Å². The van der Waals surface area contributed by atoms with Crippen molar-refractivity contribution in [2.24, 2.45) is 0 Å². The molecule has 3 aromatic rings. The van der Waals surface area contributed by atoms with Crippen LogP contribution in [0, 0.1) is 0 Å². The lowest BCUT2D eigenvalue weighted by Gasteiger charge is -2.08. The molecule has 0 atom stereocenters. The summed E-state index contributed by atoms with van der Waals surface area (Å²) >= 11 is 0. The molecule has 0 spiro atoms. The van der Waals surface area contributed by atoms with Gasteiger partial charge in [0.05, 0.1) is 0 Å². The second-order valence-corrected chi connectivity index (χ2v) is 5.33. The summed E-state index contributed by atoms with van der Waals surface area (Å²) in [6.45, 7) is 4.16. The number of aromatic nitrogens is 3. The van der Waals surface area contributed by atoms with E-state index in [4.69, 9.17) is 0 Å². The summed E-state index contributed by atoms with van der Waals surface area (Å²) in [5.74, 6) is 2.15. The monoisotopic (exact) mass is 301 g/mol. The summed E-state index contributed by atoms with van der Waals surface area (Å²) in [6, 6.07) is 20.0. The first-order valence-corrected chi connectivity index (χ1v) is 7.82. The van der Waals surface area contributed by atoms with Gasteiger partial charge in [0, 0.05) is 11.1 Å². The highest BCUT2D eigenvalue weighted by Crippen LogP contribution is 2.22. The Morgan fingerprint density at radius 3 is 1.70 bits per heavy atom. The minimum absolute atomic E-state index is 0.707. The second kappa shape index (κ2) is 6.97. The predicted octanol–water partition coefficient (Wildman–Crippen LogP) is 5.02. The zero-order valence-electron chi connectivity index (χ0n) is 13.4. The molecular weight excluding hydrogens is 282 g/mol. The molecule has 0 saturated heterocycles. The Balaban J connectivity index is 2.17. The van der Waals surface area contributed by atoms with Crippen molar-refractivity contribution in [2.45, 2.75) is 20.3 Å². The standard InChI is InChI=1S/C20H19N3/c1-3-10-15(2)18-21-19(16-11-6-4-7-12-16)23-20(22-18)17-13-8-5-9-14-17/h4-14H,3H2,1-2H3/b15-10+. The molecular formula is C20H19N3. The normalized spacial score (nSPS) is 11.5. The average molecular weight is 301 g/mol. The molecule has 0 unspecified atom stereocenters. The molecule has 0 aliphatic heterocycles. The molecule has 0 amide bonds. The molecule has 3 rings (SSSR count). The van der Waals surface area contributed by atoms with E-state index in [9.17, 15) is 0 Å². The van der Waals surface area contributed by atoms with Crippen LogP contribution in [0.15, 0.2) is 66.7 Å². The molecule has 0 fully saturated rings. The molecule has 23 heavy (non-hydrogen) atoms.